The van der Waals surface area contributed by atoms with Gasteiger partial charge in [0, 0.05) is 0 Å². The van der Waals surface area contributed by atoms with Gasteiger partial charge in [0.15, 0.2) is 0 Å². The molecule has 0 aliphatic carbocycles. The van der Waals surface area contributed by atoms with E-state index in [2.05, 4.69) is 0 Å². The van der Waals surface area contributed by atoms with Gasteiger partial charge in [-0.25, -0.2) is 0 Å². The van der Waals surface area contributed by atoms with Gasteiger partial charge in [0.2, 0.25) is 0 Å². The molecular formula is CH8B2NNa3. The third-order valence-corrected chi connectivity index (χ3v) is 0. The molecule has 0 aromatic rings. The van der Waals surface area contributed by atoms with Gasteiger partial charge in [-0.3, -0.25) is 5.26 Å². The topological polar surface area (TPSA) is 23.8 Å². The van der Waals surface area contributed by atoms with Crippen LogP contribution in [0.25, 0.3) is 0 Å². The molecule has 6 heteroatoms. The predicted molar refractivity (Wildman–Crippen MR) is 34.0 cm³/mol. The SMILES string of the molecule is [BH3-]C#N.[BH4-].[Na+].[Na+].[NaH]. The van der Waals surface area contributed by atoms with E-state index in [4.69, 9.17) is 5.26 Å². The summed E-state index contributed by atoms with van der Waals surface area (Å²) in [7, 11) is 0.0694. The monoisotopic (exact) mass is 125 g/mol. The fourth-order valence-electron chi connectivity index (χ4n) is 0. The molecule has 0 unspecified atom stereocenters. The first-order valence-corrected chi connectivity index (χ1v) is 0.224. The van der Waals surface area contributed by atoms with Gasteiger partial charge >= 0.3 is 88.7 Å². The van der Waals surface area contributed by atoms with Crippen LogP contribution in [0.4, 0.5) is 0 Å². The van der Waals surface area contributed by atoms with E-state index < -0.39 is 0 Å². The molecule has 0 saturated carbocycles. The van der Waals surface area contributed by atoms with E-state index in [0.717, 1.165) is 0 Å². The molecular weight excluding hydrogens is 117 g/mol. The van der Waals surface area contributed by atoms with Gasteiger partial charge < -0.3 is 0 Å². The van der Waals surface area contributed by atoms with Gasteiger partial charge in [-0.2, -0.15) is 5.97 Å². The van der Waals surface area contributed by atoms with Crippen LogP contribution in [0.15, 0.2) is 0 Å². The van der Waals surface area contributed by atoms with Gasteiger partial charge in [0.25, 0.3) is 0 Å². The standard InChI is InChI=1S/CH3BN.BH4.3Na.H/c2-1-3;;;;;/h2H3;1H4;;;;/q2*-1;;2*+1;. The van der Waals surface area contributed by atoms with Crippen molar-refractivity contribution in [3.05, 3.63) is 0 Å². The Labute approximate surface area is 114 Å². The summed E-state index contributed by atoms with van der Waals surface area (Å²) in [4.78, 5) is 0. The van der Waals surface area contributed by atoms with Crippen molar-refractivity contribution in [3.8, 4) is 5.97 Å². The summed E-state index contributed by atoms with van der Waals surface area (Å²) >= 11 is 0. The van der Waals surface area contributed by atoms with Crippen molar-refractivity contribution in [1.29, 1.82) is 5.26 Å². The second-order valence-corrected chi connectivity index (χ2v) is 0. The van der Waals surface area contributed by atoms with Crippen LogP contribution in [-0.2, 0) is 0 Å². The van der Waals surface area contributed by atoms with Crippen LogP contribution in [0.1, 0.15) is 0 Å². The normalized spacial score (nSPS) is 1.14. The molecule has 0 aromatic carbocycles. The van der Waals surface area contributed by atoms with Crippen LogP contribution in [0.2, 0.25) is 0 Å². The van der Waals surface area contributed by atoms with Gasteiger partial charge in [-0.05, 0) is 0 Å². The second-order valence-electron chi connectivity index (χ2n) is 0. The molecule has 0 N–H and O–H groups in total. The molecule has 0 radical (unpaired) electrons. The van der Waals surface area contributed by atoms with Crippen LogP contribution < -0.4 is 59.1 Å². The van der Waals surface area contributed by atoms with Crippen molar-refractivity contribution in [1.82, 2.24) is 0 Å². The van der Waals surface area contributed by atoms with Crippen molar-refractivity contribution >= 4 is 45.8 Å². The molecule has 0 aliphatic heterocycles. The Bertz CT molecular complexity index is 34.4. The van der Waals surface area contributed by atoms with E-state index in [1.807, 2.05) is 5.97 Å². The summed E-state index contributed by atoms with van der Waals surface area (Å²) in [5, 5.41) is 7.43. The van der Waals surface area contributed by atoms with Gasteiger partial charge in [-0.15, -0.1) is 0 Å². The molecule has 7 heavy (non-hydrogen) atoms. The maximum atomic E-state index is 7.43. The summed E-state index contributed by atoms with van der Waals surface area (Å²) in [5.74, 6) is 2.00. The Hall–Kier alpha value is 2.62. The molecule has 0 amide bonds. The summed E-state index contributed by atoms with van der Waals surface area (Å²) in [6.45, 7) is 0. The first-order valence-electron chi connectivity index (χ1n) is 0.224. The Balaban J connectivity index is -0.00000000333. The van der Waals surface area contributed by atoms with Crippen molar-refractivity contribution in [3.63, 3.8) is 0 Å². The molecule has 0 rings (SSSR count). The van der Waals surface area contributed by atoms with E-state index in [-0.39, 0.29) is 105 Å². The molecule has 0 saturated heterocycles. The maximum absolute atomic E-state index is 7.43. The van der Waals surface area contributed by atoms with Crippen LogP contribution in [0, 0.1) is 11.2 Å². The van der Waals surface area contributed by atoms with E-state index in [1.165, 1.54) is 0 Å². The van der Waals surface area contributed by atoms with Gasteiger partial charge in [0.1, 0.15) is 0 Å². The average Bonchev–Trinajstić information content (AvgIpc) is 0.918. The second kappa shape index (κ2) is 38.2. The first kappa shape index (κ1) is 33.5. The van der Waals surface area contributed by atoms with Crippen molar-refractivity contribution in [2.45, 2.75) is 0 Å². The Morgan fingerprint density at radius 2 is 1.29 bits per heavy atom. The van der Waals surface area contributed by atoms with Crippen LogP contribution in [-0.4, -0.2) is 45.8 Å². The zero-order chi connectivity index (χ0) is 2.71. The summed E-state index contributed by atoms with van der Waals surface area (Å²) in [6.07, 6.45) is 0. The van der Waals surface area contributed by atoms with Gasteiger partial charge in [-0.1, -0.05) is 8.41 Å². The van der Waals surface area contributed by atoms with Crippen LogP contribution >= 0.6 is 0 Å². The van der Waals surface area contributed by atoms with Gasteiger partial charge in [0.05, 0.1) is 7.85 Å². The molecule has 0 spiro atoms. The number of nitrogens with zero attached hydrogens (tertiary/aromatic N) is 1. The fraction of sp³-hybridized carbons (Fsp3) is 0. The molecule has 1 nitrogen and oxygen atoms in total. The minimum atomic E-state index is 0. The van der Waals surface area contributed by atoms with E-state index in [9.17, 15) is 0 Å². The average molecular weight is 125 g/mol. The minimum absolute atomic E-state index is 0. The molecule has 0 bridgehead atoms. The predicted octanol–water partition coefficient (Wildman–Crippen LogP) is -9.26. The summed E-state index contributed by atoms with van der Waals surface area (Å²) in [5.41, 5.74) is 0. The quantitative estimate of drug-likeness (QED) is 0.295. The third-order valence-electron chi connectivity index (χ3n) is 0. The van der Waals surface area contributed by atoms with E-state index in [0.29, 0.717) is 0 Å². The van der Waals surface area contributed by atoms with Crippen LogP contribution in [0.5, 0.6) is 0 Å². The zero-order valence-corrected chi connectivity index (χ0v) is 6.95. The number of nitriles is 1. The van der Waals surface area contributed by atoms with Crippen molar-refractivity contribution < 1.29 is 59.1 Å². The third kappa shape index (κ3) is 55.0. The Kier molecular flexibility index (Phi) is 183. The Morgan fingerprint density at radius 3 is 1.29 bits per heavy atom. The van der Waals surface area contributed by atoms with Crippen LogP contribution in [0.3, 0.4) is 0 Å². The molecule has 0 fully saturated rings. The van der Waals surface area contributed by atoms with E-state index >= 15 is 0 Å². The molecule has 0 heterocycles. The number of rotatable bonds is 0. The number of hydrogen-bond acceptors (Lipinski definition) is 1. The summed E-state index contributed by atoms with van der Waals surface area (Å²) < 4.78 is 0. The number of hydrogen-bond donors (Lipinski definition) is 0. The molecule has 26 valence electrons. The fourth-order valence-corrected chi connectivity index (χ4v) is 0. The molecule has 0 aromatic heterocycles. The zero-order valence-electron chi connectivity index (χ0n) is 2.95. The first-order chi connectivity index (χ1) is 1.41. The molecule has 0 atom stereocenters. The Morgan fingerprint density at radius 1 is 1.29 bits per heavy atom. The van der Waals surface area contributed by atoms with Crippen molar-refractivity contribution in [2.75, 3.05) is 0 Å². The summed E-state index contributed by atoms with van der Waals surface area (Å²) in [6, 6.07) is 0. The van der Waals surface area contributed by atoms with Crippen molar-refractivity contribution in [2.24, 2.45) is 0 Å². The van der Waals surface area contributed by atoms with E-state index in [1.54, 1.807) is 0 Å². The molecule has 0 aliphatic rings.